The predicted molar refractivity (Wildman–Crippen MR) is 77.7 cm³/mol. The van der Waals surface area contributed by atoms with Crippen molar-refractivity contribution >= 4 is 5.91 Å². The molecule has 0 spiro atoms. The first kappa shape index (κ1) is 15.7. The normalized spacial score (nSPS) is 24.6. The molecule has 0 radical (unpaired) electrons. The molecule has 0 aromatic heterocycles. The summed E-state index contributed by atoms with van der Waals surface area (Å²) in [5.74, 6) is 0.695. The highest BCUT2D eigenvalue weighted by Gasteiger charge is 2.19. The molecule has 0 bridgehead atoms. The van der Waals surface area contributed by atoms with E-state index in [1.54, 1.807) is 0 Å². The van der Waals surface area contributed by atoms with Crippen molar-refractivity contribution in [3.05, 3.63) is 0 Å². The first-order valence-electron chi connectivity index (χ1n) is 7.87. The summed E-state index contributed by atoms with van der Waals surface area (Å²) in [5, 5.41) is 0. The highest BCUT2D eigenvalue weighted by atomic mass is 16.5. The fourth-order valence-electron chi connectivity index (χ4n) is 2.85. The van der Waals surface area contributed by atoms with Gasteiger partial charge in [0.15, 0.2) is 0 Å². The van der Waals surface area contributed by atoms with Crippen LogP contribution in [0.3, 0.4) is 0 Å². The Labute approximate surface area is 122 Å². The molecule has 0 saturated carbocycles. The first-order chi connectivity index (χ1) is 9.75. The highest BCUT2D eigenvalue weighted by molar-refractivity contribution is 5.76. The number of nitrogens with zero attached hydrogens (tertiary/aromatic N) is 2. The van der Waals surface area contributed by atoms with Gasteiger partial charge < -0.3 is 14.4 Å². The van der Waals surface area contributed by atoms with E-state index in [0.717, 1.165) is 71.9 Å². The maximum Gasteiger partial charge on any atom is 0.222 e. The summed E-state index contributed by atoms with van der Waals surface area (Å²) in [6.45, 7) is 7.27. The lowest BCUT2D eigenvalue weighted by Gasteiger charge is -2.28. The second-order valence-corrected chi connectivity index (χ2v) is 5.91. The van der Waals surface area contributed by atoms with Crippen LogP contribution >= 0.6 is 0 Å². The average molecular weight is 284 g/mol. The van der Waals surface area contributed by atoms with Gasteiger partial charge in [0.25, 0.3) is 0 Å². The molecule has 2 aliphatic rings. The van der Waals surface area contributed by atoms with Gasteiger partial charge in [-0.25, -0.2) is 0 Å². The molecule has 116 valence electrons. The molecule has 2 saturated heterocycles. The molecule has 5 nitrogen and oxygen atoms in total. The smallest absolute Gasteiger partial charge is 0.222 e. The third-order valence-corrected chi connectivity index (χ3v) is 4.22. The van der Waals surface area contributed by atoms with Crippen LogP contribution in [0.1, 0.15) is 25.7 Å². The molecular formula is C15H28N2O3. The zero-order valence-electron chi connectivity index (χ0n) is 12.7. The minimum atomic E-state index is 0.266. The summed E-state index contributed by atoms with van der Waals surface area (Å²) < 4.78 is 10.8. The van der Waals surface area contributed by atoms with E-state index in [4.69, 9.17) is 9.47 Å². The molecule has 0 unspecified atom stereocenters. The molecule has 0 aromatic rings. The van der Waals surface area contributed by atoms with Crippen molar-refractivity contribution in [2.24, 2.45) is 5.92 Å². The first-order valence-corrected chi connectivity index (χ1v) is 7.87. The van der Waals surface area contributed by atoms with Gasteiger partial charge in [-0.05, 0) is 25.2 Å². The maximum atomic E-state index is 12.1. The Morgan fingerprint density at radius 3 is 2.75 bits per heavy atom. The molecule has 20 heavy (non-hydrogen) atoms. The van der Waals surface area contributed by atoms with Gasteiger partial charge >= 0.3 is 0 Å². The Balaban J connectivity index is 1.58. The maximum absolute atomic E-state index is 12.1. The topological polar surface area (TPSA) is 42.0 Å². The van der Waals surface area contributed by atoms with E-state index in [1.807, 2.05) is 11.9 Å². The van der Waals surface area contributed by atoms with Gasteiger partial charge in [0.05, 0.1) is 13.2 Å². The monoisotopic (exact) mass is 284 g/mol. The van der Waals surface area contributed by atoms with E-state index in [9.17, 15) is 4.79 Å². The zero-order valence-corrected chi connectivity index (χ0v) is 12.7. The molecular weight excluding hydrogens is 256 g/mol. The van der Waals surface area contributed by atoms with Gasteiger partial charge in [-0.3, -0.25) is 9.69 Å². The number of hydrogen-bond acceptors (Lipinski definition) is 4. The van der Waals surface area contributed by atoms with Gasteiger partial charge in [-0.2, -0.15) is 0 Å². The third-order valence-electron chi connectivity index (χ3n) is 4.22. The average Bonchev–Trinajstić information content (AvgIpc) is 2.49. The Kier molecular flexibility index (Phi) is 6.76. The van der Waals surface area contributed by atoms with Crippen LogP contribution < -0.4 is 0 Å². The van der Waals surface area contributed by atoms with Gasteiger partial charge in [0, 0.05) is 52.9 Å². The molecule has 2 aliphatic heterocycles. The van der Waals surface area contributed by atoms with Gasteiger partial charge in [-0.1, -0.05) is 0 Å². The van der Waals surface area contributed by atoms with Crippen molar-refractivity contribution in [2.75, 3.05) is 59.7 Å². The van der Waals surface area contributed by atoms with Crippen LogP contribution in [0.15, 0.2) is 0 Å². The Morgan fingerprint density at radius 1 is 1.25 bits per heavy atom. The van der Waals surface area contributed by atoms with Crippen LogP contribution in [0.25, 0.3) is 0 Å². The standard InChI is InChI=1S/C15H28N2O3/c1-16(5-3-6-17-7-10-19-11-8-17)15(18)12-14-4-2-9-20-13-14/h14H,2-13H2,1H3/t14-/m1/s1. The Bertz CT molecular complexity index is 287. The summed E-state index contributed by atoms with van der Waals surface area (Å²) in [4.78, 5) is 16.4. The summed E-state index contributed by atoms with van der Waals surface area (Å²) >= 11 is 0. The van der Waals surface area contributed by atoms with E-state index < -0.39 is 0 Å². The van der Waals surface area contributed by atoms with E-state index >= 15 is 0 Å². The second kappa shape index (κ2) is 8.60. The molecule has 2 heterocycles. The number of morpholine rings is 1. The van der Waals surface area contributed by atoms with Crippen LogP contribution in [0.4, 0.5) is 0 Å². The summed E-state index contributed by atoms with van der Waals surface area (Å²) in [5.41, 5.74) is 0. The molecule has 0 N–H and O–H groups in total. The molecule has 0 aliphatic carbocycles. The van der Waals surface area contributed by atoms with Gasteiger partial charge in [-0.15, -0.1) is 0 Å². The van der Waals surface area contributed by atoms with Crippen molar-refractivity contribution < 1.29 is 14.3 Å². The molecule has 5 heteroatoms. The minimum absolute atomic E-state index is 0.266. The molecule has 2 fully saturated rings. The lowest BCUT2D eigenvalue weighted by molar-refractivity contribution is -0.132. The molecule has 1 atom stereocenters. The highest BCUT2D eigenvalue weighted by Crippen LogP contribution is 2.17. The van der Waals surface area contributed by atoms with Crippen LogP contribution in [-0.2, 0) is 14.3 Å². The number of rotatable bonds is 6. The van der Waals surface area contributed by atoms with Crippen molar-refractivity contribution in [1.82, 2.24) is 9.80 Å². The number of carbonyl (C=O) groups excluding carboxylic acids is 1. The van der Waals surface area contributed by atoms with Crippen molar-refractivity contribution in [3.63, 3.8) is 0 Å². The third kappa shape index (κ3) is 5.38. The lowest BCUT2D eigenvalue weighted by atomic mass is 9.98. The van der Waals surface area contributed by atoms with Crippen LogP contribution in [-0.4, -0.2) is 75.4 Å². The SMILES string of the molecule is CN(CCCN1CCOCC1)C(=O)C[C@H]1CCCOC1. The quantitative estimate of drug-likeness (QED) is 0.729. The predicted octanol–water partition coefficient (Wildman–Crippen LogP) is 0.984. The van der Waals surface area contributed by atoms with E-state index in [1.165, 1.54) is 0 Å². The van der Waals surface area contributed by atoms with Crippen molar-refractivity contribution in [2.45, 2.75) is 25.7 Å². The van der Waals surface area contributed by atoms with Gasteiger partial charge in [0.1, 0.15) is 0 Å². The largest absolute Gasteiger partial charge is 0.381 e. The molecule has 1 amide bonds. The van der Waals surface area contributed by atoms with E-state index in [0.29, 0.717) is 12.3 Å². The molecule has 0 aromatic carbocycles. The van der Waals surface area contributed by atoms with Gasteiger partial charge in [0.2, 0.25) is 5.91 Å². The number of amides is 1. The van der Waals surface area contributed by atoms with Crippen LogP contribution in [0, 0.1) is 5.92 Å². The van der Waals surface area contributed by atoms with Crippen molar-refractivity contribution in [3.8, 4) is 0 Å². The Hall–Kier alpha value is -0.650. The number of ether oxygens (including phenoxy) is 2. The summed E-state index contributed by atoms with van der Waals surface area (Å²) in [6.07, 6.45) is 3.92. The molecule has 2 rings (SSSR count). The van der Waals surface area contributed by atoms with Crippen LogP contribution in [0.2, 0.25) is 0 Å². The summed E-state index contributed by atoms with van der Waals surface area (Å²) in [7, 11) is 1.92. The van der Waals surface area contributed by atoms with E-state index in [-0.39, 0.29) is 5.91 Å². The second-order valence-electron chi connectivity index (χ2n) is 5.91. The fourth-order valence-corrected chi connectivity index (χ4v) is 2.85. The van der Waals surface area contributed by atoms with Crippen molar-refractivity contribution in [1.29, 1.82) is 0 Å². The number of carbonyl (C=O) groups is 1. The fraction of sp³-hybridized carbons (Fsp3) is 0.933. The lowest BCUT2D eigenvalue weighted by Crippen LogP contribution is -2.38. The van der Waals surface area contributed by atoms with E-state index in [2.05, 4.69) is 4.90 Å². The zero-order chi connectivity index (χ0) is 14.2. The number of hydrogen-bond donors (Lipinski definition) is 0. The summed E-state index contributed by atoms with van der Waals surface area (Å²) in [6, 6.07) is 0. The minimum Gasteiger partial charge on any atom is -0.381 e. The Morgan fingerprint density at radius 2 is 2.05 bits per heavy atom. The van der Waals surface area contributed by atoms with Crippen LogP contribution in [0.5, 0.6) is 0 Å².